The van der Waals surface area contributed by atoms with E-state index in [2.05, 4.69) is 31.3 Å². The van der Waals surface area contributed by atoms with Gasteiger partial charge < -0.3 is 5.32 Å². The first-order valence-electron chi connectivity index (χ1n) is 7.55. The summed E-state index contributed by atoms with van der Waals surface area (Å²) in [5, 5.41) is 9.44. The molecule has 0 aromatic carbocycles. The lowest BCUT2D eigenvalue weighted by atomic mass is 10.1. The topological polar surface area (TPSA) is 59.8 Å². The van der Waals surface area contributed by atoms with E-state index in [1.807, 2.05) is 48.2 Å². The number of rotatable bonds is 5. The number of amides is 1. The third kappa shape index (κ3) is 3.57. The van der Waals surface area contributed by atoms with Crippen molar-refractivity contribution in [2.45, 2.75) is 20.3 Å². The van der Waals surface area contributed by atoms with Crippen LogP contribution in [0.5, 0.6) is 0 Å². The summed E-state index contributed by atoms with van der Waals surface area (Å²) in [5.74, 6) is 0.759. The number of carbonyl (C=O) groups is 1. The predicted octanol–water partition coefficient (Wildman–Crippen LogP) is 3.68. The van der Waals surface area contributed by atoms with Crippen LogP contribution in [0, 0.1) is 13.8 Å². The Balaban J connectivity index is 1.68. The maximum absolute atomic E-state index is 12.1. The first kappa shape index (κ1) is 16.9. The van der Waals surface area contributed by atoms with Crippen molar-refractivity contribution in [2.75, 3.05) is 6.54 Å². The third-order valence-corrected chi connectivity index (χ3v) is 5.45. The Labute approximate surface area is 152 Å². The van der Waals surface area contributed by atoms with Gasteiger partial charge in [0.1, 0.15) is 0 Å². The van der Waals surface area contributed by atoms with Gasteiger partial charge in [0.2, 0.25) is 0 Å². The Morgan fingerprint density at radius 2 is 2.21 bits per heavy atom. The maximum atomic E-state index is 12.1. The summed E-state index contributed by atoms with van der Waals surface area (Å²) in [5.41, 5.74) is 3.17. The van der Waals surface area contributed by atoms with Gasteiger partial charge in [0.15, 0.2) is 5.82 Å². The fourth-order valence-electron chi connectivity index (χ4n) is 2.56. The SMILES string of the molecule is Cc1nn(-c2ccccn2)c(C)c1CCNC(=O)c1cc(Br)cs1. The Morgan fingerprint density at radius 1 is 1.38 bits per heavy atom. The molecule has 0 unspecified atom stereocenters. The average Bonchev–Trinajstić information content (AvgIpc) is 3.13. The first-order chi connectivity index (χ1) is 11.6. The van der Waals surface area contributed by atoms with E-state index in [1.54, 1.807) is 6.20 Å². The van der Waals surface area contributed by atoms with Crippen LogP contribution in [0.2, 0.25) is 0 Å². The highest BCUT2D eigenvalue weighted by Crippen LogP contribution is 2.20. The zero-order valence-corrected chi connectivity index (χ0v) is 15.8. The molecule has 5 nitrogen and oxygen atoms in total. The Morgan fingerprint density at radius 3 is 2.88 bits per heavy atom. The molecule has 3 aromatic heterocycles. The molecule has 1 amide bonds. The largest absolute Gasteiger partial charge is 0.351 e. The summed E-state index contributed by atoms with van der Waals surface area (Å²) in [7, 11) is 0. The molecule has 124 valence electrons. The second kappa shape index (κ2) is 7.27. The lowest BCUT2D eigenvalue weighted by molar-refractivity contribution is 0.0958. The molecular formula is C17H17BrN4OS. The quantitative estimate of drug-likeness (QED) is 0.705. The van der Waals surface area contributed by atoms with Crippen LogP contribution in [0.1, 0.15) is 26.6 Å². The highest BCUT2D eigenvalue weighted by Gasteiger charge is 2.14. The van der Waals surface area contributed by atoms with Crippen LogP contribution < -0.4 is 5.32 Å². The normalized spacial score (nSPS) is 10.8. The van der Waals surface area contributed by atoms with Crippen LogP contribution in [0.25, 0.3) is 5.82 Å². The van der Waals surface area contributed by atoms with Crippen molar-refractivity contribution in [2.24, 2.45) is 0 Å². The van der Waals surface area contributed by atoms with Gasteiger partial charge in [-0.05, 0) is 60.0 Å². The number of halogens is 1. The number of nitrogens with one attached hydrogen (secondary N) is 1. The number of aryl methyl sites for hydroxylation is 1. The molecule has 3 heterocycles. The van der Waals surface area contributed by atoms with E-state index in [0.29, 0.717) is 11.4 Å². The molecule has 24 heavy (non-hydrogen) atoms. The molecule has 0 aliphatic carbocycles. The van der Waals surface area contributed by atoms with Gasteiger partial charge in [0.05, 0.1) is 10.6 Å². The molecule has 0 saturated carbocycles. The van der Waals surface area contributed by atoms with Crippen molar-refractivity contribution >= 4 is 33.2 Å². The highest BCUT2D eigenvalue weighted by molar-refractivity contribution is 9.10. The van der Waals surface area contributed by atoms with Gasteiger partial charge in [-0.15, -0.1) is 11.3 Å². The second-order valence-electron chi connectivity index (χ2n) is 5.38. The van der Waals surface area contributed by atoms with Crippen LogP contribution in [-0.2, 0) is 6.42 Å². The molecule has 0 spiro atoms. The van der Waals surface area contributed by atoms with Gasteiger partial charge in [-0.2, -0.15) is 5.10 Å². The van der Waals surface area contributed by atoms with Crippen LogP contribution >= 0.6 is 27.3 Å². The number of hydrogen-bond acceptors (Lipinski definition) is 4. The zero-order valence-electron chi connectivity index (χ0n) is 13.4. The molecule has 3 aromatic rings. The molecule has 0 saturated heterocycles. The predicted molar refractivity (Wildman–Crippen MR) is 98.9 cm³/mol. The lowest BCUT2D eigenvalue weighted by Gasteiger charge is -2.06. The molecule has 0 aliphatic heterocycles. The summed E-state index contributed by atoms with van der Waals surface area (Å²) >= 11 is 4.79. The van der Waals surface area contributed by atoms with Crippen molar-refractivity contribution in [3.05, 3.63) is 62.1 Å². The van der Waals surface area contributed by atoms with Crippen molar-refractivity contribution in [3.8, 4) is 5.82 Å². The van der Waals surface area contributed by atoms with Crippen molar-refractivity contribution in [1.82, 2.24) is 20.1 Å². The van der Waals surface area contributed by atoms with Gasteiger partial charge in [-0.25, -0.2) is 9.67 Å². The summed E-state index contributed by atoms with van der Waals surface area (Å²) in [6.45, 7) is 4.59. The Bertz CT molecular complexity index is 857. The van der Waals surface area contributed by atoms with Gasteiger partial charge in [0.25, 0.3) is 5.91 Å². The summed E-state index contributed by atoms with van der Waals surface area (Å²) < 4.78 is 2.78. The molecule has 0 aliphatic rings. The van der Waals surface area contributed by atoms with Crippen molar-refractivity contribution in [1.29, 1.82) is 0 Å². The Kier molecular flexibility index (Phi) is 5.11. The molecule has 0 radical (unpaired) electrons. The molecule has 7 heteroatoms. The first-order valence-corrected chi connectivity index (χ1v) is 9.22. The summed E-state index contributed by atoms with van der Waals surface area (Å²) in [4.78, 5) is 17.1. The van der Waals surface area contributed by atoms with Crippen LogP contribution in [-0.4, -0.2) is 27.2 Å². The minimum absolute atomic E-state index is 0.0434. The van der Waals surface area contributed by atoms with Gasteiger partial charge in [-0.3, -0.25) is 4.79 Å². The fraction of sp³-hybridized carbons (Fsp3) is 0.235. The van der Waals surface area contributed by atoms with E-state index in [9.17, 15) is 4.79 Å². The highest BCUT2D eigenvalue weighted by atomic mass is 79.9. The van der Waals surface area contributed by atoms with E-state index in [-0.39, 0.29) is 5.91 Å². The van der Waals surface area contributed by atoms with Crippen LogP contribution in [0.3, 0.4) is 0 Å². The Hall–Kier alpha value is -1.99. The smallest absolute Gasteiger partial charge is 0.261 e. The number of thiophene rings is 1. The van der Waals surface area contributed by atoms with Crippen molar-refractivity contribution < 1.29 is 4.79 Å². The van der Waals surface area contributed by atoms with Crippen LogP contribution in [0.15, 0.2) is 40.3 Å². The van der Waals surface area contributed by atoms with Gasteiger partial charge in [0, 0.05) is 28.3 Å². The van der Waals surface area contributed by atoms with E-state index < -0.39 is 0 Å². The maximum Gasteiger partial charge on any atom is 0.261 e. The lowest BCUT2D eigenvalue weighted by Crippen LogP contribution is -2.25. The molecule has 3 rings (SSSR count). The average molecular weight is 405 g/mol. The van der Waals surface area contributed by atoms with Gasteiger partial charge in [-0.1, -0.05) is 6.07 Å². The third-order valence-electron chi connectivity index (χ3n) is 3.76. The number of pyridine rings is 1. The monoisotopic (exact) mass is 404 g/mol. The summed E-state index contributed by atoms with van der Waals surface area (Å²) in [6, 6.07) is 7.58. The standard InChI is InChI=1S/C17H17BrN4OS/c1-11-14(6-8-20-17(23)15-9-13(18)10-24-15)12(2)22(21-11)16-5-3-4-7-19-16/h3-5,7,9-10H,6,8H2,1-2H3,(H,20,23). The van der Waals surface area contributed by atoms with E-state index in [4.69, 9.17) is 0 Å². The van der Waals surface area contributed by atoms with Gasteiger partial charge >= 0.3 is 0 Å². The minimum Gasteiger partial charge on any atom is -0.351 e. The molecule has 0 bridgehead atoms. The molecular weight excluding hydrogens is 388 g/mol. The van der Waals surface area contributed by atoms with E-state index in [1.165, 1.54) is 11.3 Å². The molecule has 0 fully saturated rings. The number of nitrogens with zero attached hydrogens (tertiary/aromatic N) is 3. The van der Waals surface area contributed by atoms with Crippen molar-refractivity contribution in [3.63, 3.8) is 0 Å². The van der Waals surface area contributed by atoms with Crippen LogP contribution in [0.4, 0.5) is 0 Å². The zero-order chi connectivity index (χ0) is 17.1. The number of hydrogen-bond donors (Lipinski definition) is 1. The number of aromatic nitrogens is 3. The molecule has 1 N–H and O–H groups in total. The number of carbonyl (C=O) groups excluding carboxylic acids is 1. The second-order valence-corrected chi connectivity index (χ2v) is 7.21. The molecule has 0 atom stereocenters. The minimum atomic E-state index is -0.0434. The van der Waals surface area contributed by atoms with E-state index in [0.717, 1.165) is 33.7 Å². The fourth-order valence-corrected chi connectivity index (χ4v) is 3.90. The summed E-state index contributed by atoms with van der Waals surface area (Å²) in [6.07, 6.45) is 2.49. The van der Waals surface area contributed by atoms with E-state index >= 15 is 0 Å².